The molecule has 0 radical (unpaired) electrons. The average Bonchev–Trinajstić information content (AvgIpc) is 2.90. The van der Waals surface area contributed by atoms with Crippen molar-refractivity contribution >= 4 is 41.0 Å². The molecule has 13 heteroatoms. The number of benzene rings is 3. The molecule has 3 rings (SSSR count). The second-order valence-electron chi connectivity index (χ2n) is 7.96. The van der Waals surface area contributed by atoms with E-state index in [1.54, 1.807) is 38.1 Å². The first-order valence-electron chi connectivity index (χ1n) is 11.2. The van der Waals surface area contributed by atoms with Crippen molar-refractivity contribution in [3.63, 3.8) is 0 Å². The van der Waals surface area contributed by atoms with E-state index in [2.05, 4.69) is 15.6 Å². The third-order valence-electron chi connectivity index (χ3n) is 5.33. The van der Waals surface area contributed by atoms with Gasteiger partial charge in [-0.25, -0.2) is 14.4 Å². The number of anilines is 2. The summed E-state index contributed by atoms with van der Waals surface area (Å²) in [5.41, 5.74) is 2.06. The summed E-state index contributed by atoms with van der Waals surface area (Å²) in [4.78, 5) is 49.8. The van der Waals surface area contributed by atoms with E-state index in [-0.39, 0.29) is 22.6 Å². The lowest BCUT2D eigenvalue weighted by atomic mass is 10.1. The number of hydrogen-bond acceptors (Lipinski definition) is 10. The lowest BCUT2D eigenvalue weighted by Gasteiger charge is -2.12. The number of isocyanates is 1. The summed E-state index contributed by atoms with van der Waals surface area (Å²) in [5, 5.41) is 25.4. The zero-order valence-corrected chi connectivity index (χ0v) is 20.7. The number of nitrogens with one attached hydrogen (secondary N) is 2. The maximum Gasteiger partial charge on any atom is 0.411 e. The first-order valence-corrected chi connectivity index (χ1v) is 11.2. The Morgan fingerprint density at radius 3 is 2.23 bits per heavy atom. The van der Waals surface area contributed by atoms with Gasteiger partial charge in [0, 0.05) is 11.8 Å². The molecule has 0 saturated carbocycles. The molecule has 0 aliphatic rings. The highest BCUT2D eigenvalue weighted by Crippen LogP contribution is 2.27. The molecule has 0 spiro atoms. The van der Waals surface area contributed by atoms with Gasteiger partial charge in [0.2, 0.25) is 6.08 Å². The van der Waals surface area contributed by atoms with Crippen molar-refractivity contribution in [3.8, 4) is 12.0 Å². The second-order valence-corrected chi connectivity index (χ2v) is 7.96. The standard InChI is InChI=1S/C26H21N5O8/c1-16-6-8-20(10-22(16)28-15-32)29-25(33)37-12-18-4-3-5-19(24(18)31(35)36)13-38-26(34)30-23-11-21(39-14-27)9-7-17(23)2/h3-11H,12-13H2,1-2H3,(H,29,33)(H,30,34). The number of ether oxygens (including phenoxy) is 3. The number of para-hydroxylation sites is 1. The Morgan fingerprint density at radius 1 is 0.974 bits per heavy atom. The fraction of sp³-hybridized carbons (Fsp3) is 0.154. The highest BCUT2D eigenvalue weighted by molar-refractivity contribution is 5.86. The van der Waals surface area contributed by atoms with Crippen LogP contribution in [0.25, 0.3) is 0 Å². The molecule has 13 nitrogen and oxygen atoms in total. The van der Waals surface area contributed by atoms with Crippen LogP contribution in [0.5, 0.6) is 5.75 Å². The van der Waals surface area contributed by atoms with Crippen molar-refractivity contribution in [3.05, 3.63) is 87.0 Å². The predicted octanol–water partition coefficient (Wildman–Crippen LogP) is 5.54. The lowest BCUT2D eigenvalue weighted by molar-refractivity contribution is -0.386. The highest BCUT2D eigenvalue weighted by Gasteiger charge is 2.22. The molecule has 3 aromatic rings. The Balaban J connectivity index is 1.66. The van der Waals surface area contributed by atoms with Crippen LogP contribution in [-0.2, 0) is 27.5 Å². The van der Waals surface area contributed by atoms with Crippen LogP contribution in [0.4, 0.5) is 32.3 Å². The van der Waals surface area contributed by atoms with E-state index in [1.807, 2.05) is 0 Å². The zero-order chi connectivity index (χ0) is 28.4. The van der Waals surface area contributed by atoms with Gasteiger partial charge in [-0.15, -0.1) is 5.26 Å². The van der Waals surface area contributed by atoms with Crippen molar-refractivity contribution in [1.29, 1.82) is 5.26 Å². The fourth-order valence-electron chi connectivity index (χ4n) is 3.41. The molecule has 0 aliphatic heterocycles. The number of aryl methyl sites for hydroxylation is 2. The van der Waals surface area contributed by atoms with Gasteiger partial charge >= 0.3 is 12.2 Å². The summed E-state index contributed by atoms with van der Waals surface area (Å²) in [6.45, 7) is 2.55. The molecule has 0 unspecified atom stereocenters. The van der Waals surface area contributed by atoms with Gasteiger partial charge in [-0.1, -0.05) is 18.2 Å². The number of nitrogens with zero attached hydrogens (tertiary/aromatic N) is 3. The van der Waals surface area contributed by atoms with Crippen molar-refractivity contribution < 1.29 is 33.5 Å². The summed E-state index contributed by atoms with van der Waals surface area (Å²) in [6.07, 6.45) is 1.18. The molecule has 2 N–H and O–H groups in total. The highest BCUT2D eigenvalue weighted by atomic mass is 16.6. The molecular formula is C26H21N5O8. The Bertz CT molecular complexity index is 1510. The van der Waals surface area contributed by atoms with Gasteiger partial charge < -0.3 is 14.2 Å². The second kappa shape index (κ2) is 13.0. The smallest absolute Gasteiger partial charge is 0.411 e. The maximum absolute atomic E-state index is 12.3. The number of nitriles is 1. The van der Waals surface area contributed by atoms with Gasteiger partial charge in [0.15, 0.2) is 0 Å². The minimum Gasteiger partial charge on any atom is -0.444 e. The molecule has 0 fully saturated rings. The Morgan fingerprint density at radius 2 is 1.62 bits per heavy atom. The minimum absolute atomic E-state index is 0.0732. The molecule has 39 heavy (non-hydrogen) atoms. The normalized spacial score (nSPS) is 9.87. The van der Waals surface area contributed by atoms with Gasteiger partial charge in [0.05, 0.1) is 27.4 Å². The molecule has 0 bridgehead atoms. The third-order valence-corrected chi connectivity index (χ3v) is 5.33. The largest absolute Gasteiger partial charge is 0.444 e. The van der Waals surface area contributed by atoms with Crippen molar-refractivity contribution in [2.24, 2.45) is 4.99 Å². The van der Waals surface area contributed by atoms with Crippen LogP contribution in [0.3, 0.4) is 0 Å². The predicted molar refractivity (Wildman–Crippen MR) is 137 cm³/mol. The van der Waals surface area contributed by atoms with E-state index in [0.29, 0.717) is 28.2 Å². The molecule has 2 amide bonds. The van der Waals surface area contributed by atoms with Gasteiger partial charge in [-0.2, -0.15) is 4.99 Å². The van der Waals surface area contributed by atoms with Gasteiger partial charge in [-0.05, 0) is 55.3 Å². The monoisotopic (exact) mass is 531 g/mol. The van der Waals surface area contributed by atoms with E-state index in [0.717, 1.165) is 0 Å². The zero-order valence-electron chi connectivity index (χ0n) is 20.7. The number of carbonyl (C=O) groups excluding carboxylic acids is 3. The first kappa shape index (κ1) is 27.9. The molecule has 198 valence electrons. The Labute approximate surface area is 221 Å². The number of rotatable bonds is 9. The van der Waals surface area contributed by atoms with Gasteiger partial charge in [0.1, 0.15) is 19.0 Å². The van der Waals surface area contributed by atoms with Crippen LogP contribution in [0.1, 0.15) is 22.3 Å². The minimum atomic E-state index is -0.895. The molecule has 0 saturated heterocycles. The summed E-state index contributed by atoms with van der Waals surface area (Å²) >= 11 is 0. The number of nitro benzene ring substituents is 1. The lowest BCUT2D eigenvalue weighted by Crippen LogP contribution is -2.16. The molecule has 0 atom stereocenters. The third kappa shape index (κ3) is 7.63. The van der Waals surface area contributed by atoms with Crippen molar-refractivity contribution in [2.45, 2.75) is 27.1 Å². The Hall–Kier alpha value is -5.73. The van der Waals surface area contributed by atoms with E-state index in [1.165, 1.54) is 42.7 Å². The van der Waals surface area contributed by atoms with Crippen LogP contribution in [0, 0.1) is 35.5 Å². The molecule has 0 aliphatic carbocycles. The van der Waals surface area contributed by atoms with E-state index >= 15 is 0 Å². The number of amides is 2. The van der Waals surface area contributed by atoms with Crippen LogP contribution in [-0.4, -0.2) is 23.2 Å². The number of aliphatic imine (C=N–C) groups is 1. The number of hydrogen-bond donors (Lipinski definition) is 2. The fourth-order valence-corrected chi connectivity index (χ4v) is 3.41. The van der Waals surface area contributed by atoms with E-state index < -0.39 is 30.3 Å². The van der Waals surface area contributed by atoms with Crippen molar-refractivity contribution in [2.75, 3.05) is 10.6 Å². The van der Waals surface area contributed by atoms with Crippen LogP contribution < -0.4 is 15.4 Å². The summed E-state index contributed by atoms with van der Waals surface area (Å²) in [6, 6.07) is 13.6. The van der Waals surface area contributed by atoms with Crippen LogP contribution >= 0.6 is 0 Å². The molecular weight excluding hydrogens is 510 g/mol. The molecule has 0 aromatic heterocycles. The van der Waals surface area contributed by atoms with Gasteiger partial charge in [0.25, 0.3) is 11.9 Å². The number of carbonyl (C=O) groups is 2. The maximum atomic E-state index is 12.3. The SMILES string of the molecule is Cc1ccc(NC(=O)OCc2cccc(COC(=O)Nc3cc(OC#N)ccc3C)c2[N+](=O)[O-])cc1N=C=O. The molecule has 0 heterocycles. The van der Waals surface area contributed by atoms with Gasteiger partial charge in [-0.3, -0.25) is 20.7 Å². The van der Waals surface area contributed by atoms with Crippen LogP contribution in [0.15, 0.2) is 59.6 Å². The number of nitro groups is 1. The average molecular weight is 531 g/mol. The van der Waals surface area contributed by atoms with Crippen LogP contribution in [0.2, 0.25) is 0 Å². The quantitative estimate of drug-likeness (QED) is 0.118. The first-order chi connectivity index (χ1) is 18.7. The summed E-state index contributed by atoms with van der Waals surface area (Å²) < 4.78 is 15.0. The van der Waals surface area contributed by atoms with E-state index in [9.17, 15) is 24.5 Å². The topological polar surface area (TPSA) is 182 Å². The van der Waals surface area contributed by atoms with E-state index in [4.69, 9.17) is 19.5 Å². The summed E-state index contributed by atoms with van der Waals surface area (Å²) in [5.74, 6) is 0.211. The molecule has 3 aromatic carbocycles. The Kier molecular flexibility index (Phi) is 9.28. The van der Waals surface area contributed by atoms with Crippen molar-refractivity contribution in [1.82, 2.24) is 0 Å². The summed E-state index contributed by atoms with van der Waals surface area (Å²) in [7, 11) is 0.